The molecule has 7 nitrogen and oxygen atoms in total. The maximum atomic E-state index is 11.1. The van der Waals surface area contributed by atoms with Gasteiger partial charge in [-0.05, 0) is 25.9 Å². The molecule has 0 aromatic carbocycles. The summed E-state index contributed by atoms with van der Waals surface area (Å²) in [6.07, 6.45) is 1.38. The van der Waals surface area contributed by atoms with Gasteiger partial charge in [-0.2, -0.15) is 0 Å². The number of rotatable bonds is 6. The van der Waals surface area contributed by atoms with E-state index in [4.69, 9.17) is 10.2 Å². The normalized spacial score (nSPS) is 23.8. The van der Waals surface area contributed by atoms with Crippen LogP contribution < -0.4 is 5.32 Å². The summed E-state index contributed by atoms with van der Waals surface area (Å²) >= 11 is 0. The quantitative estimate of drug-likeness (QED) is 0.608. The Morgan fingerprint density at radius 3 is 2.37 bits per heavy atom. The van der Waals surface area contributed by atoms with Crippen molar-refractivity contribution in [3.05, 3.63) is 0 Å². The third-order valence-corrected chi connectivity index (χ3v) is 3.49. The molecule has 0 aromatic heterocycles. The predicted molar refractivity (Wildman–Crippen MR) is 66.6 cm³/mol. The van der Waals surface area contributed by atoms with Crippen molar-refractivity contribution in [3.8, 4) is 0 Å². The van der Waals surface area contributed by atoms with Gasteiger partial charge in [-0.1, -0.05) is 0 Å². The number of aliphatic carboxylic acids is 2. The van der Waals surface area contributed by atoms with E-state index in [1.165, 1.54) is 0 Å². The number of hydrogen-bond acceptors (Lipinski definition) is 4. The fraction of sp³-hybridized carbons (Fsp3) is 0.750. The van der Waals surface area contributed by atoms with Crippen LogP contribution in [0.4, 0.5) is 0 Å². The molecule has 0 saturated carbocycles. The van der Waals surface area contributed by atoms with Crippen molar-refractivity contribution in [2.45, 2.75) is 19.3 Å². The lowest BCUT2D eigenvalue weighted by atomic mass is 9.85. The molecular weight excluding hydrogens is 252 g/mol. The first kappa shape index (κ1) is 15.4. The van der Waals surface area contributed by atoms with E-state index in [1.807, 2.05) is 4.90 Å². The Bertz CT molecular complexity index is 358. The average Bonchev–Trinajstić information content (AvgIpc) is 2.38. The van der Waals surface area contributed by atoms with Gasteiger partial charge in [0.15, 0.2) is 0 Å². The van der Waals surface area contributed by atoms with E-state index < -0.39 is 23.8 Å². The SMILES string of the molecule is CNC(=O)CCCN1CCC(C(=O)O)C(C(=O)O)C1. The van der Waals surface area contributed by atoms with Gasteiger partial charge < -0.3 is 20.4 Å². The highest BCUT2D eigenvalue weighted by Gasteiger charge is 2.38. The van der Waals surface area contributed by atoms with Crippen molar-refractivity contribution < 1.29 is 24.6 Å². The Labute approximate surface area is 111 Å². The molecule has 1 aliphatic rings. The Balaban J connectivity index is 2.45. The van der Waals surface area contributed by atoms with E-state index in [2.05, 4.69) is 5.32 Å². The fourth-order valence-corrected chi connectivity index (χ4v) is 2.36. The van der Waals surface area contributed by atoms with Crippen LogP contribution in [0, 0.1) is 11.8 Å². The second-order valence-electron chi connectivity index (χ2n) is 4.76. The van der Waals surface area contributed by atoms with Crippen molar-refractivity contribution in [2.24, 2.45) is 11.8 Å². The van der Waals surface area contributed by atoms with Gasteiger partial charge in [0.1, 0.15) is 0 Å². The van der Waals surface area contributed by atoms with Gasteiger partial charge >= 0.3 is 11.9 Å². The monoisotopic (exact) mass is 272 g/mol. The van der Waals surface area contributed by atoms with E-state index in [1.54, 1.807) is 7.05 Å². The number of carboxylic acids is 2. The van der Waals surface area contributed by atoms with Crippen LogP contribution in [0.2, 0.25) is 0 Å². The molecule has 2 unspecified atom stereocenters. The molecule has 1 amide bonds. The molecule has 7 heteroatoms. The number of hydrogen-bond donors (Lipinski definition) is 3. The first-order valence-electron chi connectivity index (χ1n) is 6.34. The molecule has 0 bridgehead atoms. The van der Waals surface area contributed by atoms with Gasteiger partial charge in [0.25, 0.3) is 0 Å². The predicted octanol–water partition coefficient (Wildman–Crippen LogP) is -0.380. The number of likely N-dealkylation sites (tertiary alicyclic amines) is 1. The highest BCUT2D eigenvalue weighted by Crippen LogP contribution is 2.24. The van der Waals surface area contributed by atoms with E-state index in [0.717, 1.165) is 0 Å². The number of nitrogens with one attached hydrogen (secondary N) is 1. The molecule has 108 valence electrons. The van der Waals surface area contributed by atoms with Crippen LogP contribution in [0.5, 0.6) is 0 Å². The zero-order chi connectivity index (χ0) is 14.4. The molecule has 0 aromatic rings. The van der Waals surface area contributed by atoms with E-state index in [-0.39, 0.29) is 12.5 Å². The summed E-state index contributed by atoms with van der Waals surface area (Å²) in [5, 5.41) is 20.6. The molecule has 1 rings (SSSR count). The summed E-state index contributed by atoms with van der Waals surface area (Å²) in [5.41, 5.74) is 0. The van der Waals surface area contributed by atoms with Crippen LogP contribution in [0.25, 0.3) is 0 Å². The number of nitrogens with zero attached hydrogens (tertiary/aromatic N) is 1. The molecule has 1 fully saturated rings. The standard InChI is InChI=1S/C12H20N2O5/c1-13-10(15)3-2-5-14-6-4-8(11(16)17)9(7-14)12(18)19/h8-9H,2-7H2,1H3,(H,13,15)(H,16,17)(H,18,19). The van der Waals surface area contributed by atoms with Crippen molar-refractivity contribution in [1.82, 2.24) is 10.2 Å². The maximum Gasteiger partial charge on any atom is 0.308 e. The maximum absolute atomic E-state index is 11.1. The van der Waals surface area contributed by atoms with Gasteiger partial charge in [-0.25, -0.2) is 0 Å². The highest BCUT2D eigenvalue weighted by molar-refractivity contribution is 5.80. The van der Waals surface area contributed by atoms with Crippen LogP contribution in [-0.2, 0) is 14.4 Å². The lowest BCUT2D eigenvalue weighted by Crippen LogP contribution is -2.46. The number of amides is 1. The molecule has 1 aliphatic heterocycles. The van der Waals surface area contributed by atoms with Crippen molar-refractivity contribution in [3.63, 3.8) is 0 Å². The smallest absolute Gasteiger partial charge is 0.308 e. The second-order valence-corrected chi connectivity index (χ2v) is 4.76. The van der Waals surface area contributed by atoms with Gasteiger partial charge in [-0.15, -0.1) is 0 Å². The van der Waals surface area contributed by atoms with Crippen molar-refractivity contribution in [2.75, 3.05) is 26.7 Å². The Hall–Kier alpha value is -1.63. The van der Waals surface area contributed by atoms with Crippen molar-refractivity contribution in [1.29, 1.82) is 0 Å². The third kappa shape index (κ3) is 4.51. The molecule has 2 atom stereocenters. The number of carboxylic acid groups (broad SMARTS) is 2. The summed E-state index contributed by atoms with van der Waals surface area (Å²) in [7, 11) is 1.57. The highest BCUT2D eigenvalue weighted by atomic mass is 16.4. The van der Waals surface area contributed by atoms with Gasteiger partial charge in [0.05, 0.1) is 11.8 Å². The van der Waals surface area contributed by atoms with Gasteiger partial charge in [0, 0.05) is 20.0 Å². The van der Waals surface area contributed by atoms with Gasteiger partial charge in [-0.3, -0.25) is 14.4 Å². The van der Waals surface area contributed by atoms with Crippen LogP contribution in [0.3, 0.4) is 0 Å². The molecule has 0 aliphatic carbocycles. The lowest BCUT2D eigenvalue weighted by molar-refractivity contribution is -0.157. The topological polar surface area (TPSA) is 107 Å². The Morgan fingerprint density at radius 1 is 1.21 bits per heavy atom. The van der Waals surface area contributed by atoms with Crippen LogP contribution in [0.1, 0.15) is 19.3 Å². The van der Waals surface area contributed by atoms with E-state index in [9.17, 15) is 14.4 Å². The molecular formula is C12H20N2O5. The van der Waals surface area contributed by atoms with Crippen molar-refractivity contribution >= 4 is 17.8 Å². The summed E-state index contributed by atoms with van der Waals surface area (Å²) < 4.78 is 0. The number of piperidine rings is 1. The second kappa shape index (κ2) is 7.08. The number of carbonyl (C=O) groups excluding carboxylic acids is 1. The minimum absolute atomic E-state index is 0.0461. The molecule has 1 heterocycles. The summed E-state index contributed by atoms with van der Waals surface area (Å²) in [5.74, 6) is -3.84. The summed E-state index contributed by atoms with van der Waals surface area (Å²) in [6.45, 7) is 1.41. The molecule has 19 heavy (non-hydrogen) atoms. The molecule has 0 radical (unpaired) electrons. The first-order valence-corrected chi connectivity index (χ1v) is 6.34. The Kier molecular flexibility index (Phi) is 5.75. The lowest BCUT2D eigenvalue weighted by Gasteiger charge is -2.34. The molecule has 0 spiro atoms. The number of carbonyl (C=O) groups is 3. The summed E-state index contributed by atoms with van der Waals surface area (Å²) in [6, 6.07) is 0. The van der Waals surface area contributed by atoms with Crippen LogP contribution in [0.15, 0.2) is 0 Å². The van der Waals surface area contributed by atoms with Gasteiger partial charge in [0.2, 0.25) is 5.91 Å². The van der Waals surface area contributed by atoms with E-state index in [0.29, 0.717) is 32.4 Å². The third-order valence-electron chi connectivity index (χ3n) is 3.49. The fourth-order valence-electron chi connectivity index (χ4n) is 2.36. The zero-order valence-electron chi connectivity index (χ0n) is 11.0. The Morgan fingerprint density at radius 2 is 1.84 bits per heavy atom. The minimum atomic E-state index is -1.07. The average molecular weight is 272 g/mol. The van der Waals surface area contributed by atoms with Crippen LogP contribution in [-0.4, -0.2) is 59.6 Å². The van der Waals surface area contributed by atoms with E-state index >= 15 is 0 Å². The zero-order valence-corrected chi connectivity index (χ0v) is 11.0. The molecule has 3 N–H and O–H groups in total. The first-order chi connectivity index (χ1) is 8.95. The molecule has 1 saturated heterocycles. The van der Waals surface area contributed by atoms with Crippen LogP contribution >= 0.6 is 0 Å². The largest absolute Gasteiger partial charge is 0.481 e. The minimum Gasteiger partial charge on any atom is -0.481 e. The summed E-state index contributed by atoms with van der Waals surface area (Å²) in [4.78, 5) is 35.1.